The van der Waals surface area contributed by atoms with E-state index in [0.29, 0.717) is 0 Å². The van der Waals surface area contributed by atoms with E-state index >= 15 is 0 Å². The molecule has 0 aromatic heterocycles. The Balaban J connectivity index is 1.06. The van der Waals surface area contributed by atoms with Crippen molar-refractivity contribution in [1.82, 2.24) is 0 Å². The molecule has 0 amide bonds. The van der Waals surface area contributed by atoms with Crippen molar-refractivity contribution in [2.75, 3.05) is 4.90 Å². The van der Waals surface area contributed by atoms with E-state index in [4.69, 9.17) is 0 Å². The molecule has 12 rings (SSSR count). The number of nitrogens with zero attached hydrogens (tertiary/aromatic N) is 1. The Labute approximate surface area is 361 Å². The molecule has 8 aromatic carbocycles. The Bertz CT molecular complexity index is 3080. The summed E-state index contributed by atoms with van der Waals surface area (Å²) in [5.41, 5.74) is 25.3. The van der Waals surface area contributed by atoms with Gasteiger partial charge in [0.25, 0.3) is 0 Å². The van der Waals surface area contributed by atoms with Gasteiger partial charge in [-0.2, -0.15) is 0 Å². The molecule has 296 valence electrons. The summed E-state index contributed by atoms with van der Waals surface area (Å²) < 4.78 is 0. The molecule has 4 aliphatic rings. The lowest BCUT2D eigenvalue weighted by Gasteiger charge is -2.37. The Hall–Kier alpha value is -6.44. The van der Waals surface area contributed by atoms with Crippen molar-refractivity contribution in [2.24, 2.45) is 0 Å². The molecular formula is C60H51N. The summed E-state index contributed by atoms with van der Waals surface area (Å²) in [6.45, 7) is 9.56. The third-order valence-electron chi connectivity index (χ3n) is 15.3. The predicted octanol–water partition coefficient (Wildman–Crippen LogP) is 16.3. The minimum Gasteiger partial charge on any atom is -0.310 e. The van der Waals surface area contributed by atoms with Crippen LogP contribution in [0.2, 0.25) is 0 Å². The van der Waals surface area contributed by atoms with E-state index in [1.165, 1.54) is 132 Å². The molecule has 1 nitrogen and oxygen atoms in total. The number of hydrogen-bond acceptors (Lipinski definition) is 1. The van der Waals surface area contributed by atoms with Crippen LogP contribution in [0.15, 0.2) is 176 Å². The minimum absolute atomic E-state index is 0.0545. The summed E-state index contributed by atoms with van der Waals surface area (Å²) >= 11 is 0. The fraction of sp³-hybridized carbons (Fsp3) is 0.200. The molecule has 1 saturated carbocycles. The maximum atomic E-state index is 2.58. The fourth-order valence-electron chi connectivity index (χ4n) is 12.4. The van der Waals surface area contributed by atoms with Crippen LogP contribution >= 0.6 is 0 Å². The maximum Gasteiger partial charge on any atom is 0.0540 e. The summed E-state index contributed by atoms with van der Waals surface area (Å²) in [4.78, 5) is 2.56. The molecule has 0 unspecified atom stereocenters. The normalized spacial score (nSPS) is 16.6. The fourth-order valence-corrected chi connectivity index (χ4v) is 12.4. The van der Waals surface area contributed by atoms with Crippen LogP contribution in [0, 0.1) is 0 Å². The van der Waals surface area contributed by atoms with E-state index in [1.54, 1.807) is 0 Å². The second-order valence-electron chi connectivity index (χ2n) is 19.2. The van der Waals surface area contributed by atoms with Crippen LogP contribution in [0.1, 0.15) is 93.2 Å². The number of benzene rings is 8. The lowest BCUT2D eigenvalue weighted by Crippen LogP contribution is -2.28. The highest BCUT2D eigenvalue weighted by molar-refractivity contribution is 5.94. The summed E-state index contributed by atoms with van der Waals surface area (Å²) in [6, 6.07) is 67.2. The third kappa shape index (κ3) is 5.19. The van der Waals surface area contributed by atoms with Crippen LogP contribution in [0.5, 0.6) is 0 Å². The lowest BCUT2D eigenvalue weighted by molar-refractivity contribution is 0.353. The largest absolute Gasteiger partial charge is 0.310 e. The molecule has 1 fully saturated rings. The average Bonchev–Trinajstić information content (AvgIpc) is 3.80. The van der Waals surface area contributed by atoms with Crippen LogP contribution in [-0.4, -0.2) is 0 Å². The number of hydrogen-bond donors (Lipinski definition) is 0. The van der Waals surface area contributed by atoms with Gasteiger partial charge in [0.1, 0.15) is 0 Å². The molecule has 0 aliphatic heterocycles. The molecule has 0 radical (unpaired) electrons. The maximum absolute atomic E-state index is 2.58. The first-order valence-corrected chi connectivity index (χ1v) is 22.5. The van der Waals surface area contributed by atoms with E-state index in [0.717, 1.165) is 5.69 Å². The Kier molecular flexibility index (Phi) is 7.93. The number of anilines is 3. The van der Waals surface area contributed by atoms with Gasteiger partial charge in [-0.3, -0.25) is 0 Å². The summed E-state index contributed by atoms with van der Waals surface area (Å²) in [5, 5.41) is 0. The molecule has 0 saturated heterocycles. The first-order chi connectivity index (χ1) is 29.8. The number of fused-ring (bicyclic) bond motifs is 11. The van der Waals surface area contributed by atoms with Gasteiger partial charge in [0.05, 0.1) is 5.69 Å². The van der Waals surface area contributed by atoms with Gasteiger partial charge in [-0.1, -0.05) is 186 Å². The first-order valence-electron chi connectivity index (χ1n) is 22.5. The van der Waals surface area contributed by atoms with Gasteiger partial charge in [-0.25, -0.2) is 0 Å². The molecule has 1 heteroatoms. The average molecular weight is 786 g/mol. The van der Waals surface area contributed by atoms with E-state index in [-0.39, 0.29) is 16.2 Å². The van der Waals surface area contributed by atoms with Crippen molar-refractivity contribution in [3.8, 4) is 55.6 Å². The Morgan fingerprint density at radius 3 is 1.64 bits per heavy atom. The summed E-state index contributed by atoms with van der Waals surface area (Å²) in [5.74, 6) is 0. The molecule has 0 bridgehead atoms. The zero-order valence-corrected chi connectivity index (χ0v) is 35.7. The van der Waals surface area contributed by atoms with Gasteiger partial charge in [0.2, 0.25) is 0 Å². The van der Waals surface area contributed by atoms with E-state index in [2.05, 4.69) is 209 Å². The van der Waals surface area contributed by atoms with Crippen molar-refractivity contribution in [1.29, 1.82) is 0 Å². The lowest BCUT2D eigenvalue weighted by atomic mass is 9.68. The molecule has 8 aromatic rings. The second kappa shape index (κ2) is 13.3. The van der Waals surface area contributed by atoms with Crippen LogP contribution < -0.4 is 4.90 Å². The van der Waals surface area contributed by atoms with Gasteiger partial charge >= 0.3 is 0 Å². The standard InChI is InChI=1S/C60H51N/c1-58(2)51-26-10-6-21-45(51)48-32-30-40(37-54(48)58)43-20-9-13-29-56(43)61(42-31-33-49-46-22-8-12-28-53(46)60(55(49)38-42)34-14-5-15-35-60)41-19-16-18-39(36-41)44-24-17-25-50-47-23-7-11-27-52(47)59(3,4)57(44)50/h6-13,16-33,36-38H,5,14-15,34-35H2,1-4H3. The second-order valence-corrected chi connectivity index (χ2v) is 19.2. The van der Waals surface area contributed by atoms with Crippen LogP contribution in [0.25, 0.3) is 55.6 Å². The minimum atomic E-state index is -0.116. The Morgan fingerprint density at radius 2 is 0.869 bits per heavy atom. The predicted molar refractivity (Wildman–Crippen MR) is 256 cm³/mol. The zero-order valence-electron chi connectivity index (χ0n) is 35.7. The van der Waals surface area contributed by atoms with E-state index in [1.807, 2.05) is 0 Å². The zero-order chi connectivity index (χ0) is 41.1. The van der Waals surface area contributed by atoms with Gasteiger partial charge in [-0.05, 0) is 133 Å². The smallest absolute Gasteiger partial charge is 0.0540 e. The van der Waals surface area contributed by atoms with Gasteiger partial charge in [0, 0.05) is 33.2 Å². The van der Waals surface area contributed by atoms with Gasteiger partial charge < -0.3 is 4.90 Å². The number of para-hydroxylation sites is 1. The van der Waals surface area contributed by atoms with Crippen molar-refractivity contribution in [3.63, 3.8) is 0 Å². The first kappa shape index (κ1) is 36.4. The molecule has 0 N–H and O–H groups in total. The monoisotopic (exact) mass is 785 g/mol. The van der Waals surface area contributed by atoms with Crippen molar-refractivity contribution < 1.29 is 0 Å². The highest BCUT2D eigenvalue weighted by atomic mass is 15.1. The molecule has 61 heavy (non-hydrogen) atoms. The number of rotatable bonds is 5. The highest BCUT2D eigenvalue weighted by Crippen LogP contribution is 2.58. The third-order valence-corrected chi connectivity index (χ3v) is 15.3. The summed E-state index contributed by atoms with van der Waals surface area (Å²) in [6.07, 6.45) is 6.27. The van der Waals surface area contributed by atoms with E-state index < -0.39 is 0 Å². The topological polar surface area (TPSA) is 3.24 Å². The van der Waals surface area contributed by atoms with Gasteiger partial charge in [0.15, 0.2) is 0 Å². The van der Waals surface area contributed by atoms with Crippen LogP contribution in [0.4, 0.5) is 17.1 Å². The molecule has 0 atom stereocenters. The van der Waals surface area contributed by atoms with Crippen molar-refractivity contribution in [3.05, 3.63) is 209 Å². The SMILES string of the molecule is CC1(C)c2ccccc2-c2ccc(-c3ccccc3N(c3cccc(-c4cccc5c4C(C)(C)c4ccccc4-5)c3)c3ccc4c(c3)C3(CCCCC3)c3ccccc3-4)cc21. The molecule has 1 spiro atoms. The molecular weight excluding hydrogens is 735 g/mol. The highest BCUT2D eigenvalue weighted by Gasteiger charge is 2.44. The van der Waals surface area contributed by atoms with E-state index in [9.17, 15) is 0 Å². The van der Waals surface area contributed by atoms with Crippen molar-refractivity contribution >= 4 is 17.1 Å². The molecule has 4 aliphatic carbocycles. The van der Waals surface area contributed by atoms with Crippen LogP contribution in [-0.2, 0) is 16.2 Å². The Morgan fingerprint density at radius 1 is 0.344 bits per heavy atom. The summed E-state index contributed by atoms with van der Waals surface area (Å²) in [7, 11) is 0. The quantitative estimate of drug-likeness (QED) is 0.168. The van der Waals surface area contributed by atoms with Gasteiger partial charge in [-0.15, -0.1) is 0 Å². The van der Waals surface area contributed by atoms with Crippen LogP contribution in [0.3, 0.4) is 0 Å². The van der Waals surface area contributed by atoms with Crippen molar-refractivity contribution in [2.45, 2.75) is 76.0 Å². The molecule has 0 heterocycles.